The molecule has 0 saturated carbocycles. The lowest BCUT2D eigenvalue weighted by Crippen LogP contribution is -1.85. The van der Waals surface area contributed by atoms with Gasteiger partial charge in [-0.25, -0.2) is 0 Å². The van der Waals surface area contributed by atoms with E-state index in [2.05, 4.69) is 24.0 Å². The van der Waals surface area contributed by atoms with Crippen molar-refractivity contribution in [1.82, 2.24) is 4.98 Å². The molecule has 1 heterocycles. The van der Waals surface area contributed by atoms with Crippen LogP contribution in [-0.4, -0.2) is 4.98 Å². The molecule has 0 aliphatic heterocycles. The minimum Gasteiger partial charge on any atom is -0.258 e. The molecule has 0 unspecified atom stereocenters. The Balaban J connectivity index is 3.17. The Morgan fingerprint density at radius 2 is 1.44 bits per heavy atom. The number of hydrogen-bond acceptors (Lipinski definition) is 1. The fourth-order valence-electron chi connectivity index (χ4n) is 1.04. The minimum atomic E-state index is 1.10. The summed E-state index contributed by atoms with van der Waals surface area (Å²) in [5.41, 5.74) is 3.50. The van der Waals surface area contributed by atoms with Gasteiger partial charge in [0.05, 0.1) is 0 Å². The molecule has 0 fully saturated rings. The second-order valence-electron chi connectivity index (χ2n) is 2.43. The van der Waals surface area contributed by atoms with Crippen LogP contribution in [0.4, 0.5) is 0 Å². The summed E-state index contributed by atoms with van der Waals surface area (Å²) in [5, 5.41) is 0. The van der Waals surface area contributed by atoms with E-state index in [-0.39, 0.29) is 0 Å². The smallest absolute Gasteiger partial charge is 0.0378 e. The number of pyridine rings is 1. The van der Waals surface area contributed by atoms with E-state index in [1.807, 2.05) is 13.8 Å². The van der Waals surface area contributed by atoms with Crippen LogP contribution in [0.3, 0.4) is 0 Å². The molecule has 0 amide bonds. The predicted octanol–water partition coefficient (Wildman–Crippen LogP) is 2.01. The van der Waals surface area contributed by atoms with Gasteiger partial charge in [0.25, 0.3) is 0 Å². The fourth-order valence-corrected chi connectivity index (χ4v) is 1.04. The van der Waals surface area contributed by atoms with Crippen LogP contribution in [0.5, 0.6) is 0 Å². The van der Waals surface area contributed by atoms with E-state index >= 15 is 0 Å². The van der Waals surface area contributed by atoms with E-state index < -0.39 is 0 Å². The molecule has 1 aromatic heterocycles. The maximum atomic E-state index is 4.23. The summed E-state index contributed by atoms with van der Waals surface area (Å²) in [6.07, 6.45) is 0. The van der Waals surface area contributed by atoms with E-state index in [1.165, 1.54) is 5.56 Å². The van der Waals surface area contributed by atoms with E-state index in [1.54, 1.807) is 0 Å². The summed E-state index contributed by atoms with van der Waals surface area (Å²) in [4.78, 5) is 4.23. The molecule has 0 aromatic carbocycles. The zero-order valence-electron chi connectivity index (χ0n) is 6.10. The lowest BCUT2D eigenvalue weighted by molar-refractivity contribution is 1.10. The van der Waals surface area contributed by atoms with Gasteiger partial charge in [-0.05, 0) is 38.5 Å². The van der Waals surface area contributed by atoms with Crippen LogP contribution < -0.4 is 0 Å². The first kappa shape index (κ1) is 6.27. The summed E-state index contributed by atoms with van der Waals surface area (Å²) in [7, 11) is 0. The molecule has 0 spiro atoms. The summed E-state index contributed by atoms with van der Waals surface area (Å²) >= 11 is 0. The molecule has 0 atom stereocenters. The van der Waals surface area contributed by atoms with Gasteiger partial charge in [-0.15, -0.1) is 0 Å². The van der Waals surface area contributed by atoms with E-state index in [0.717, 1.165) is 11.4 Å². The van der Waals surface area contributed by atoms with E-state index in [9.17, 15) is 0 Å². The number of rotatable bonds is 0. The Kier molecular flexibility index (Phi) is 1.52. The molecule has 0 N–H and O–H groups in total. The maximum absolute atomic E-state index is 4.23. The quantitative estimate of drug-likeness (QED) is 0.513. The van der Waals surface area contributed by atoms with Crippen molar-refractivity contribution in [2.45, 2.75) is 20.8 Å². The van der Waals surface area contributed by atoms with Crippen LogP contribution in [0.2, 0.25) is 0 Å². The Morgan fingerprint density at radius 3 is 1.78 bits per heavy atom. The third-order valence-corrected chi connectivity index (χ3v) is 1.23. The predicted molar refractivity (Wildman–Crippen MR) is 38.4 cm³/mol. The highest BCUT2D eigenvalue weighted by molar-refractivity contribution is 5.18. The van der Waals surface area contributed by atoms with Gasteiger partial charge in [-0.2, -0.15) is 0 Å². The highest BCUT2D eigenvalue weighted by Crippen LogP contribution is 2.01. The van der Waals surface area contributed by atoms with Gasteiger partial charge in [-0.3, -0.25) is 4.98 Å². The Hall–Kier alpha value is -0.850. The molecule has 1 heteroatoms. The summed E-state index contributed by atoms with van der Waals surface area (Å²) in [6.45, 7) is 6.11. The topological polar surface area (TPSA) is 12.9 Å². The van der Waals surface area contributed by atoms with Gasteiger partial charge >= 0.3 is 0 Å². The summed E-state index contributed by atoms with van der Waals surface area (Å²) in [5.74, 6) is 0. The normalized spacial score (nSPS) is 9.67. The van der Waals surface area contributed by atoms with Crippen molar-refractivity contribution in [3.8, 4) is 0 Å². The third kappa shape index (κ3) is 1.53. The minimum absolute atomic E-state index is 1.10. The molecule has 0 saturated heterocycles. The molecular weight excluding hydrogens is 111 g/mol. The van der Waals surface area contributed by atoms with Gasteiger partial charge < -0.3 is 0 Å². The van der Waals surface area contributed by atoms with Crippen molar-refractivity contribution in [2.24, 2.45) is 0 Å². The monoisotopic (exact) mass is 122 g/mol. The molecule has 9 heavy (non-hydrogen) atoms. The molecule has 0 bridgehead atoms. The largest absolute Gasteiger partial charge is 0.258 e. The second kappa shape index (κ2) is 2.18. The van der Waals surface area contributed by atoms with Crippen molar-refractivity contribution in [1.29, 1.82) is 0 Å². The fraction of sp³-hybridized carbons (Fsp3) is 0.375. The molecule has 1 aromatic rings. The SMILES string of the molecule is Cc1cc(C)[15n]c(C)c1. The first-order chi connectivity index (χ1) is 4.18. The number of aryl methyl sites for hydroxylation is 3. The Labute approximate surface area is 55.7 Å². The van der Waals surface area contributed by atoms with Crippen molar-refractivity contribution >= 4 is 0 Å². The average Bonchev–Trinajstić information content (AvgIpc) is 1.59. The number of nitrogens with zero attached hydrogens (tertiary/aromatic N) is 1. The number of aromatic nitrogens is 1. The molecule has 0 aliphatic rings. The van der Waals surface area contributed by atoms with Crippen molar-refractivity contribution in [3.05, 3.63) is 29.1 Å². The first-order valence-corrected chi connectivity index (χ1v) is 3.10. The third-order valence-electron chi connectivity index (χ3n) is 1.23. The van der Waals surface area contributed by atoms with Gasteiger partial charge in [0.2, 0.25) is 0 Å². The van der Waals surface area contributed by atoms with E-state index in [0.29, 0.717) is 0 Å². The Morgan fingerprint density at radius 1 is 1.00 bits per heavy atom. The molecule has 0 radical (unpaired) electrons. The zero-order chi connectivity index (χ0) is 6.85. The van der Waals surface area contributed by atoms with E-state index in [4.69, 9.17) is 0 Å². The van der Waals surface area contributed by atoms with Crippen LogP contribution in [0.1, 0.15) is 17.0 Å². The van der Waals surface area contributed by atoms with Crippen molar-refractivity contribution in [2.75, 3.05) is 0 Å². The van der Waals surface area contributed by atoms with Gasteiger partial charge in [0.15, 0.2) is 0 Å². The van der Waals surface area contributed by atoms with Gasteiger partial charge in [0.1, 0.15) is 0 Å². The summed E-state index contributed by atoms with van der Waals surface area (Å²) in [6, 6.07) is 4.15. The van der Waals surface area contributed by atoms with Gasteiger partial charge in [0, 0.05) is 11.4 Å². The molecule has 1 rings (SSSR count). The highest BCUT2D eigenvalue weighted by Gasteiger charge is 1.88. The van der Waals surface area contributed by atoms with Crippen LogP contribution >= 0.6 is 0 Å². The molecule has 1 nitrogen and oxygen atoms in total. The standard InChI is InChI=1S/C8H11N/c1-6-4-7(2)9-8(3)5-6/h4-5H,1-3H3/i9+1. The van der Waals surface area contributed by atoms with Crippen LogP contribution in [0, 0.1) is 20.8 Å². The lowest BCUT2D eigenvalue weighted by atomic mass is 10.2. The molecule has 48 valence electrons. The Bertz CT molecular complexity index is 165. The highest BCUT2D eigenvalue weighted by atomic mass is 15.5. The van der Waals surface area contributed by atoms with Crippen LogP contribution in [0.15, 0.2) is 12.1 Å². The molecule has 0 aliphatic carbocycles. The average molecular weight is 122 g/mol. The van der Waals surface area contributed by atoms with Crippen molar-refractivity contribution in [3.63, 3.8) is 0 Å². The number of hydrogen-bond donors (Lipinski definition) is 0. The second-order valence-corrected chi connectivity index (χ2v) is 2.43. The van der Waals surface area contributed by atoms with Crippen LogP contribution in [0.25, 0.3) is 0 Å². The maximum Gasteiger partial charge on any atom is 0.0378 e. The molecular formula is C8H11N. The summed E-state index contributed by atoms with van der Waals surface area (Å²) < 4.78 is 0. The van der Waals surface area contributed by atoms with Crippen LogP contribution in [-0.2, 0) is 0 Å². The lowest BCUT2D eigenvalue weighted by Gasteiger charge is -1.96. The zero-order valence-corrected chi connectivity index (χ0v) is 6.10. The van der Waals surface area contributed by atoms with Gasteiger partial charge in [-0.1, -0.05) is 0 Å². The van der Waals surface area contributed by atoms with Crippen molar-refractivity contribution < 1.29 is 0 Å². The first-order valence-electron chi connectivity index (χ1n) is 3.10.